The van der Waals surface area contributed by atoms with Crippen LogP contribution in [0.4, 0.5) is 5.69 Å². The van der Waals surface area contributed by atoms with Gasteiger partial charge in [-0.3, -0.25) is 4.79 Å². The molecule has 2 aromatic rings. The lowest BCUT2D eigenvalue weighted by molar-refractivity contribution is -0.131. The standard InChI is InChI=1S/C18H23N3OS/c1-13-19-15(12-23-13)11-18(22)21-9-5-8-17(21)14-6-4-7-16(10-14)20(2)3/h4,6-7,10,12,17H,5,8-9,11H2,1-3H3/t17-/m0/s1. The Kier molecular flexibility index (Phi) is 4.66. The predicted molar refractivity (Wildman–Crippen MR) is 95.0 cm³/mol. The lowest BCUT2D eigenvalue weighted by atomic mass is 10.0. The summed E-state index contributed by atoms with van der Waals surface area (Å²) in [6, 6.07) is 8.71. The topological polar surface area (TPSA) is 36.4 Å². The van der Waals surface area contributed by atoms with Crippen LogP contribution in [0.25, 0.3) is 0 Å². The zero-order valence-corrected chi connectivity index (χ0v) is 14.8. The summed E-state index contributed by atoms with van der Waals surface area (Å²) >= 11 is 1.60. The van der Waals surface area contributed by atoms with Crippen molar-refractivity contribution in [2.75, 3.05) is 25.5 Å². The van der Waals surface area contributed by atoms with E-state index in [0.29, 0.717) is 6.42 Å². The van der Waals surface area contributed by atoms with Gasteiger partial charge in [0.1, 0.15) is 0 Å². The second-order valence-electron chi connectivity index (χ2n) is 6.27. The van der Waals surface area contributed by atoms with Crippen LogP contribution in [0.5, 0.6) is 0 Å². The molecule has 0 aliphatic carbocycles. The van der Waals surface area contributed by atoms with Gasteiger partial charge in [-0.25, -0.2) is 4.98 Å². The van der Waals surface area contributed by atoms with Gasteiger partial charge < -0.3 is 9.80 Å². The quantitative estimate of drug-likeness (QED) is 0.862. The molecule has 1 atom stereocenters. The number of aromatic nitrogens is 1. The third-order valence-electron chi connectivity index (χ3n) is 4.34. The van der Waals surface area contributed by atoms with Crippen molar-refractivity contribution < 1.29 is 4.79 Å². The molecule has 0 bridgehead atoms. The zero-order valence-electron chi connectivity index (χ0n) is 14.0. The fourth-order valence-electron chi connectivity index (χ4n) is 3.17. The van der Waals surface area contributed by atoms with Crippen molar-refractivity contribution in [3.8, 4) is 0 Å². The molecule has 0 unspecified atom stereocenters. The molecule has 1 fully saturated rings. The molecule has 3 rings (SSSR count). The first-order valence-electron chi connectivity index (χ1n) is 8.02. The summed E-state index contributed by atoms with van der Waals surface area (Å²) in [4.78, 5) is 21.3. The molecule has 0 N–H and O–H groups in total. The Hall–Kier alpha value is -1.88. The van der Waals surface area contributed by atoms with E-state index < -0.39 is 0 Å². The van der Waals surface area contributed by atoms with Crippen molar-refractivity contribution >= 4 is 22.9 Å². The maximum Gasteiger partial charge on any atom is 0.229 e. The van der Waals surface area contributed by atoms with Crippen LogP contribution in [0, 0.1) is 6.92 Å². The summed E-state index contributed by atoms with van der Waals surface area (Å²) in [5.41, 5.74) is 3.30. The molecule has 1 aromatic carbocycles. The Bertz CT molecular complexity index is 695. The molecule has 1 saturated heterocycles. The van der Waals surface area contributed by atoms with E-state index in [1.54, 1.807) is 11.3 Å². The van der Waals surface area contributed by atoms with E-state index in [2.05, 4.69) is 34.1 Å². The first kappa shape index (κ1) is 16.0. The lowest BCUT2D eigenvalue weighted by Gasteiger charge is -2.26. The number of anilines is 1. The Labute approximate surface area is 141 Å². The van der Waals surface area contributed by atoms with E-state index in [-0.39, 0.29) is 11.9 Å². The predicted octanol–water partition coefficient (Wildman–Crippen LogP) is 3.42. The number of rotatable bonds is 4. The largest absolute Gasteiger partial charge is 0.378 e. The van der Waals surface area contributed by atoms with Crippen LogP contribution in [0.15, 0.2) is 29.6 Å². The average Bonchev–Trinajstić information content (AvgIpc) is 3.16. The van der Waals surface area contributed by atoms with E-state index in [1.807, 2.05) is 31.3 Å². The van der Waals surface area contributed by atoms with Gasteiger partial charge >= 0.3 is 0 Å². The van der Waals surface area contributed by atoms with Crippen LogP contribution >= 0.6 is 11.3 Å². The second kappa shape index (κ2) is 6.71. The first-order valence-corrected chi connectivity index (χ1v) is 8.90. The van der Waals surface area contributed by atoms with Crippen LogP contribution in [0.2, 0.25) is 0 Å². The first-order chi connectivity index (χ1) is 11.0. The Morgan fingerprint density at radius 1 is 1.43 bits per heavy atom. The van der Waals surface area contributed by atoms with Gasteiger partial charge in [0.15, 0.2) is 0 Å². The number of carbonyl (C=O) groups excluding carboxylic acids is 1. The number of hydrogen-bond acceptors (Lipinski definition) is 4. The highest BCUT2D eigenvalue weighted by atomic mass is 32.1. The number of amides is 1. The van der Waals surface area contributed by atoms with E-state index >= 15 is 0 Å². The van der Waals surface area contributed by atoms with Gasteiger partial charge in [0.05, 0.1) is 23.2 Å². The molecule has 0 spiro atoms. The minimum absolute atomic E-state index is 0.188. The fourth-order valence-corrected chi connectivity index (χ4v) is 3.78. The lowest BCUT2D eigenvalue weighted by Crippen LogP contribution is -2.32. The van der Waals surface area contributed by atoms with Crippen molar-refractivity contribution in [2.45, 2.75) is 32.2 Å². The summed E-state index contributed by atoms with van der Waals surface area (Å²) < 4.78 is 0. The third kappa shape index (κ3) is 3.55. The number of likely N-dealkylation sites (tertiary alicyclic amines) is 1. The van der Waals surface area contributed by atoms with Crippen LogP contribution in [-0.4, -0.2) is 36.4 Å². The average molecular weight is 329 g/mol. The van der Waals surface area contributed by atoms with Gasteiger partial charge in [-0.15, -0.1) is 11.3 Å². The molecule has 1 aromatic heterocycles. The molecule has 0 radical (unpaired) electrons. The molecular weight excluding hydrogens is 306 g/mol. The molecule has 23 heavy (non-hydrogen) atoms. The summed E-state index contributed by atoms with van der Waals surface area (Å²) in [6.45, 7) is 2.82. The van der Waals surface area contributed by atoms with Crippen molar-refractivity contribution in [2.24, 2.45) is 0 Å². The van der Waals surface area contributed by atoms with Crippen LogP contribution in [-0.2, 0) is 11.2 Å². The fraction of sp³-hybridized carbons (Fsp3) is 0.444. The molecule has 1 aliphatic heterocycles. The number of thiazole rings is 1. The number of aryl methyl sites for hydroxylation is 1. The third-order valence-corrected chi connectivity index (χ3v) is 5.17. The minimum atomic E-state index is 0.188. The molecule has 122 valence electrons. The molecule has 1 amide bonds. The van der Waals surface area contributed by atoms with Crippen LogP contribution < -0.4 is 4.90 Å². The van der Waals surface area contributed by atoms with Crippen molar-refractivity contribution in [3.05, 3.63) is 45.9 Å². The number of benzene rings is 1. The molecule has 4 nitrogen and oxygen atoms in total. The van der Waals surface area contributed by atoms with Crippen molar-refractivity contribution in [1.29, 1.82) is 0 Å². The van der Waals surface area contributed by atoms with E-state index in [0.717, 1.165) is 30.1 Å². The molecule has 0 saturated carbocycles. The highest BCUT2D eigenvalue weighted by molar-refractivity contribution is 7.09. The Morgan fingerprint density at radius 2 is 2.26 bits per heavy atom. The molecular formula is C18H23N3OS. The number of hydrogen-bond donors (Lipinski definition) is 0. The monoisotopic (exact) mass is 329 g/mol. The summed E-state index contributed by atoms with van der Waals surface area (Å²) in [5.74, 6) is 0.188. The molecule has 5 heteroatoms. The normalized spacial score (nSPS) is 17.5. The van der Waals surface area contributed by atoms with Crippen LogP contribution in [0.1, 0.15) is 35.1 Å². The van der Waals surface area contributed by atoms with E-state index in [9.17, 15) is 4.79 Å². The van der Waals surface area contributed by atoms with Gasteiger partial charge in [-0.05, 0) is 37.5 Å². The number of nitrogens with zero attached hydrogens (tertiary/aromatic N) is 3. The summed E-state index contributed by atoms with van der Waals surface area (Å²) in [5, 5.41) is 3.01. The minimum Gasteiger partial charge on any atom is -0.378 e. The SMILES string of the molecule is Cc1nc(CC(=O)N2CCC[C@H]2c2cccc(N(C)C)c2)cs1. The van der Waals surface area contributed by atoms with Gasteiger partial charge in [-0.1, -0.05) is 12.1 Å². The Balaban J connectivity index is 1.77. The second-order valence-corrected chi connectivity index (χ2v) is 7.33. The van der Waals surface area contributed by atoms with Crippen molar-refractivity contribution in [1.82, 2.24) is 9.88 Å². The van der Waals surface area contributed by atoms with Gasteiger partial charge in [0.2, 0.25) is 5.91 Å². The Morgan fingerprint density at radius 3 is 2.96 bits per heavy atom. The van der Waals surface area contributed by atoms with E-state index in [1.165, 1.54) is 11.3 Å². The smallest absolute Gasteiger partial charge is 0.229 e. The van der Waals surface area contributed by atoms with Gasteiger partial charge in [0.25, 0.3) is 0 Å². The maximum atomic E-state index is 12.7. The summed E-state index contributed by atoms with van der Waals surface area (Å²) in [6.07, 6.45) is 2.52. The van der Waals surface area contributed by atoms with E-state index in [4.69, 9.17) is 0 Å². The molecule has 2 heterocycles. The zero-order chi connectivity index (χ0) is 16.4. The van der Waals surface area contributed by atoms with Gasteiger partial charge in [0, 0.05) is 31.7 Å². The van der Waals surface area contributed by atoms with Crippen LogP contribution in [0.3, 0.4) is 0 Å². The number of carbonyl (C=O) groups is 1. The molecule has 1 aliphatic rings. The van der Waals surface area contributed by atoms with Gasteiger partial charge in [-0.2, -0.15) is 0 Å². The maximum absolute atomic E-state index is 12.7. The van der Waals surface area contributed by atoms with Crippen molar-refractivity contribution in [3.63, 3.8) is 0 Å². The highest BCUT2D eigenvalue weighted by Crippen LogP contribution is 2.33. The highest BCUT2D eigenvalue weighted by Gasteiger charge is 2.30. The summed E-state index contributed by atoms with van der Waals surface area (Å²) in [7, 11) is 4.09.